The summed E-state index contributed by atoms with van der Waals surface area (Å²) in [5.41, 5.74) is 2.82. The fourth-order valence-corrected chi connectivity index (χ4v) is 3.68. The van der Waals surface area contributed by atoms with Crippen molar-refractivity contribution < 1.29 is 44.6 Å². The van der Waals surface area contributed by atoms with Crippen LogP contribution in [0.15, 0.2) is 59.9 Å². The van der Waals surface area contributed by atoms with Gasteiger partial charge in [-0.2, -0.15) is 0 Å². The summed E-state index contributed by atoms with van der Waals surface area (Å²) in [6.07, 6.45) is 3.59. The van der Waals surface area contributed by atoms with Crippen molar-refractivity contribution in [2.45, 2.75) is 24.3 Å². The molecule has 1 atom stereocenters. The van der Waals surface area contributed by atoms with Gasteiger partial charge in [-0.15, -0.1) is 0 Å². The summed E-state index contributed by atoms with van der Waals surface area (Å²) in [5, 5.41) is 25.2. The zero-order valence-electron chi connectivity index (χ0n) is 16.1. The molecule has 0 aliphatic carbocycles. The van der Waals surface area contributed by atoms with Gasteiger partial charge in [-0.05, 0) is 35.6 Å². The molecule has 1 aromatic heterocycles. The number of aliphatic carboxylic acids is 1. The molecule has 2 N–H and O–H groups in total. The van der Waals surface area contributed by atoms with Crippen molar-refractivity contribution in [3.63, 3.8) is 0 Å². The average molecular weight is 440 g/mol. The van der Waals surface area contributed by atoms with Crippen LogP contribution in [0.2, 0.25) is 5.02 Å². The van der Waals surface area contributed by atoms with Crippen LogP contribution < -0.4 is 40.0 Å². The number of nitrogens with one attached hydrogen (secondary N) is 1. The van der Waals surface area contributed by atoms with Gasteiger partial charge in [0.1, 0.15) is 0 Å². The molecule has 3 rings (SSSR count). The van der Waals surface area contributed by atoms with Crippen molar-refractivity contribution in [2.24, 2.45) is 0 Å². The molecule has 2 aromatic carbocycles. The molecule has 0 aliphatic rings. The minimum atomic E-state index is -1.26. The molecule has 0 saturated carbocycles. The predicted octanol–water partition coefficient (Wildman–Crippen LogP) is -0.294. The van der Waals surface area contributed by atoms with E-state index in [2.05, 4.69) is 10.3 Å². The van der Waals surface area contributed by atoms with E-state index >= 15 is 0 Å². The number of carbonyl (C=O) groups excluding carboxylic acids is 1. The van der Waals surface area contributed by atoms with Crippen LogP contribution in [0.3, 0.4) is 0 Å². The zero-order valence-corrected chi connectivity index (χ0v) is 19.7. The normalized spacial score (nSPS) is 11.6. The largest absolute Gasteiger partial charge is 1.00 e. The number of halogens is 1. The summed E-state index contributed by atoms with van der Waals surface area (Å²) in [5.74, 6) is -1.26. The maximum Gasteiger partial charge on any atom is 1.00 e. The van der Waals surface area contributed by atoms with Gasteiger partial charge >= 0.3 is 29.6 Å². The molecule has 0 amide bonds. The fourth-order valence-electron chi connectivity index (χ4n) is 2.88. The summed E-state index contributed by atoms with van der Waals surface area (Å²) in [6, 6.07) is 13.1. The van der Waals surface area contributed by atoms with Crippen LogP contribution in [0.4, 0.5) is 5.69 Å². The number of aromatic nitrogens is 2. The number of hydrogen-bond donors (Lipinski definition) is 2. The second-order valence-electron chi connectivity index (χ2n) is 6.10. The number of benzene rings is 2. The van der Waals surface area contributed by atoms with Crippen molar-refractivity contribution in [3.8, 4) is 0 Å². The molecule has 0 radical (unpaired) electrons. The molecule has 1 unspecified atom stereocenters. The molecular weight excluding hydrogens is 421 g/mol. The smallest absolute Gasteiger partial charge is 0.548 e. The maximum absolute atomic E-state index is 11.6. The van der Waals surface area contributed by atoms with E-state index in [1.165, 1.54) is 11.8 Å². The summed E-state index contributed by atoms with van der Waals surface area (Å²) < 4.78 is 1.95. The van der Waals surface area contributed by atoms with E-state index in [1.807, 2.05) is 23.0 Å². The summed E-state index contributed by atoms with van der Waals surface area (Å²) in [7, 11) is 0. The third kappa shape index (κ3) is 5.78. The number of nitrogens with zero attached hydrogens (tertiary/aromatic N) is 2. The van der Waals surface area contributed by atoms with Gasteiger partial charge in [0, 0.05) is 17.3 Å². The molecule has 9 heteroatoms. The van der Waals surface area contributed by atoms with Crippen LogP contribution in [-0.2, 0) is 17.9 Å². The van der Waals surface area contributed by atoms with Gasteiger partial charge in [0.25, 0.3) is 0 Å². The molecule has 0 bridgehead atoms. The van der Waals surface area contributed by atoms with Crippen molar-refractivity contribution in [3.05, 3.63) is 76.6 Å². The van der Waals surface area contributed by atoms with E-state index in [0.29, 0.717) is 22.8 Å². The number of imidazole rings is 1. The van der Waals surface area contributed by atoms with E-state index in [1.54, 1.807) is 42.6 Å². The van der Waals surface area contributed by atoms with Gasteiger partial charge < -0.3 is 24.9 Å². The molecule has 1 heterocycles. The predicted molar refractivity (Wildman–Crippen MR) is 108 cm³/mol. The quantitative estimate of drug-likeness (QED) is 0.370. The first-order chi connectivity index (χ1) is 13.5. The number of hydrogen-bond acceptors (Lipinski definition) is 6. The van der Waals surface area contributed by atoms with Crippen LogP contribution in [0.5, 0.6) is 0 Å². The van der Waals surface area contributed by atoms with Crippen LogP contribution >= 0.6 is 23.4 Å². The summed E-state index contributed by atoms with van der Waals surface area (Å²) >= 11 is 7.64. The second-order valence-corrected chi connectivity index (χ2v) is 7.28. The Hall–Kier alpha value is -1.48. The van der Waals surface area contributed by atoms with Gasteiger partial charge in [0.05, 0.1) is 30.5 Å². The minimum Gasteiger partial charge on any atom is -0.548 e. The molecule has 146 valence electrons. The first kappa shape index (κ1) is 23.8. The zero-order chi connectivity index (χ0) is 20.1. The van der Waals surface area contributed by atoms with E-state index < -0.39 is 12.0 Å². The topological polar surface area (TPSA) is 90.2 Å². The maximum atomic E-state index is 11.6. The molecule has 0 saturated heterocycles. The third-order valence-electron chi connectivity index (χ3n) is 4.30. The van der Waals surface area contributed by atoms with Crippen LogP contribution in [0.1, 0.15) is 22.9 Å². The second kappa shape index (κ2) is 11.1. The van der Waals surface area contributed by atoms with E-state index in [9.17, 15) is 15.0 Å². The van der Waals surface area contributed by atoms with Crippen molar-refractivity contribution >= 4 is 35.0 Å². The van der Waals surface area contributed by atoms with Gasteiger partial charge in [0.2, 0.25) is 0 Å². The van der Waals surface area contributed by atoms with E-state index in [-0.39, 0.29) is 36.2 Å². The fraction of sp³-hybridized carbons (Fsp3) is 0.200. The number of thioether (sulfide) groups is 1. The van der Waals surface area contributed by atoms with Crippen molar-refractivity contribution in [2.75, 3.05) is 11.6 Å². The van der Waals surface area contributed by atoms with Gasteiger partial charge in [-0.3, -0.25) is 0 Å². The first-order valence-corrected chi connectivity index (χ1v) is 10.1. The summed E-state index contributed by atoms with van der Waals surface area (Å²) in [4.78, 5) is 15.9. The van der Waals surface area contributed by atoms with Crippen molar-refractivity contribution in [1.82, 2.24) is 9.55 Å². The molecule has 0 aliphatic heterocycles. The van der Waals surface area contributed by atoms with Crippen molar-refractivity contribution in [1.29, 1.82) is 0 Å². The van der Waals surface area contributed by atoms with Crippen LogP contribution in [-0.4, -0.2) is 26.9 Å². The molecule has 0 fully saturated rings. The number of aliphatic hydroxyl groups excluding tert-OH is 1. The number of carboxylic acids is 1. The SMILES string of the molecule is CSc1ncc(CO)n1Cc1ccc(NC(C(=O)[O-])c2ccccc2Cl)cc1.[Na+]. The molecule has 6 nitrogen and oxygen atoms in total. The summed E-state index contributed by atoms with van der Waals surface area (Å²) in [6.45, 7) is 0.471. The average Bonchev–Trinajstić information content (AvgIpc) is 3.09. The Kier molecular flexibility index (Phi) is 9.07. The number of aliphatic hydroxyl groups is 1. The molecule has 29 heavy (non-hydrogen) atoms. The monoisotopic (exact) mass is 439 g/mol. The Morgan fingerprint density at radius 1 is 1.28 bits per heavy atom. The first-order valence-electron chi connectivity index (χ1n) is 8.53. The number of carboxylic acid groups (broad SMARTS) is 1. The Bertz CT molecular complexity index is 944. The Morgan fingerprint density at radius 2 is 1.97 bits per heavy atom. The van der Waals surface area contributed by atoms with Crippen LogP contribution in [0, 0.1) is 0 Å². The van der Waals surface area contributed by atoms with Gasteiger partial charge in [-0.1, -0.05) is 53.7 Å². The number of anilines is 1. The van der Waals surface area contributed by atoms with Crippen LogP contribution in [0.25, 0.3) is 0 Å². The van der Waals surface area contributed by atoms with Gasteiger partial charge in [-0.25, -0.2) is 4.98 Å². The van der Waals surface area contributed by atoms with Gasteiger partial charge in [0.15, 0.2) is 5.16 Å². The number of rotatable bonds is 8. The third-order valence-corrected chi connectivity index (χ3v) is 5.34. The Labute approximate surface area is 200 Å². The van der Waals surface area contributed by atoms with E-state index in [4.69, 9.17) is 11.6 Å². The molecular formula is C20H19ClN3NaO3S. The Balaban J connectivity index is 0.00000300. The Morgan fingerprint density at radius 3 is 2.55 bits per heavy atom. The molecule has 3 aromatic rings. The number of carbonyl (C=O) groups is 1. The molecule has 0 spiro atoms. The van der Waals surface area contributed by atoms with E-state index in [0.717, 1.165) is 16.4 Å². The standard InChI is InChI=1S/C20H20ClN3O3S.Na/c1-28-20-22-10-15(12-25)24(20)11-13-6-8-14(9-7-13)23-18(19(26)27)16-4-2-3-5-17(16)21;/h2-10,18,23,25H,11-12H2,1H3,(H,26,27);/q;+1/p-1. The minimum absolute atomic E-state index is 0.